The second-order valence-corrected chi connectivity index (χ2v) is 3.72. The molecule has 16 heavy (non-hydrogen) atoms. The molecule has 0 unspecified atom stereocenters. The van der Waals surface area contributed by atoms with Gasteiger partial charge in [0.15, 0.2) is 0 Å². The maximum absolute atomic E-state index is 5.88. The first kappa shape index (κ1) is 10.7. The summed E-state index contributed by atoms with van der Waals surface area (Å²) in [6, 6.07) is 7.16. The van der Waals surface area contributed by atoms with Crippen LogP contribution < -0.4 is 11.1 Å². The number of anilines is 2. The van der Waals surface area contributed by atoms with E-state index in [1.54, 1.807) is 24.4 Å². The molecule has 0 bridgehead atoms. The van der Waals surface area contributed by atoms with Gasteiger partial charge in [-0.2, -0.15) is 0 Å². The Kier molecular flexibility index (Phi) is 3.22. The molecule has 0 saturated heterocycles. The number of halogens is 1. The Morgan fingerprint density at radius 3 is 2.94 bits per heavy atom. The number of nitrogens with two attached hydrogens (primary N) is 1. The quantitative estimate of drug-likeness (QED) is 0.800. The van der Waals surface area contributed by atoms with E-state index in [4.69, 9.17) is 17.3 Å². The fraction of sp³-hybridized carbons (Fsp3) is 0.0909. The molecule has 0 atom stereocenters. The lowest BCUT2D eigenvalue weighted by Crippen LogP contribution is -2.03. The largest absolute Gasteiger partial charge is 0.397 e. The van der Waals surface area contributed by atoms with Gasteiger partial charge in [-0.3, -0.25) is 0 Å². The maximum atomic E-state index is 5.88. The van der Waals surface area contributed by atoms with E-state index in [0.29, 0.717) is 17.3 Å². The zero-order valence-electron chi connectivity index (χ0n) is 8.52. The Bertz CT molecular complexity index is 473. The lowest BCUT2D eigenvalue weighted by molar-refractivity contribution is 1.01. The van der Waals surface area contributed by atoms with Gasteiger partial charge in [-0.15, -0.1) is 0 Å². The number of hydrogen-bond acceptors (Lipinski definition) is 4. The first-order chi connectivity index (χ1) is 7.75. The molecule has 4 nitrogen and oxygen atoms in total. The minimum absolute atomic E-state index is 0.590. The molecule has 0 aliphatic carbocycles. The molecule has 0 aliphatic rings. The minimum atomic E-state index is 0.590. The summed E-state index contributed by atoms with van der Waals surface area (Å²) in [6.07, 6.45) is 3.21. The van der Waals surface area contributed by atoms with E-state index in [-0.39, 0.29) is 0 Å². The van der Waals surface area contributed by atoms with Gasteiger partial charge in [0, 0.05) is 11.2 Å². The van der Waals surface area contributed by atoms with Gasteiger partial charge in [0.1, 0.15) is 6.33 Å². The van der Waals surface area contributed by atoms with Gasteiger partial charge < -0.3 is 11.1 Å². The summed E-state index contributed by atoms with van der Waals surface area (Å²) in [4.78, 5) is 7.95. The zero-order chi connectivity index (χ0) is 11.4. The fourth-order valence-electron chi connectivity index (χ4n) is 1.29. The smallest absolute Gasteiger partial charge is 0.115 e. The summed E-state index contributed by atoms with van der Waals surface area (Å²) in [6.45, 7) is 0.590. The van der Waals surface area contributed by atoms with Gasteiger partial charge in [0.25, 0.3) is 0 Å². The van der Waals surface area contributed by atoms with Crippen molar-refractivity contribution >= 4 is 23.0 Å². The normalized spacial score (nSPS) is 10.1. The van der Waals surface area contributed by atoms with E-state index >= 15 is 0 Å². The van der Waals surface area contributed by atoms with Crippen molar-refractivity contribution in [2.45, 2.75) is 6.54 Å². The van der Waals surface area contributed by atoms with Crippen LogP contribution in [0.3, 0.4) is 0 Å². The van der Waals surface area contributed by atoms with Gasteiger partial charge >= 0.3 is 0 Å². The number of nitrogens with one attached hydrogen (secondary N) is 1. The van der Waals surface area contributed by atoms with E-state index in [1.807, 2.05) is 6.07 Å². The highest BCUT2D eigenvalue weighted by atomic mass is 35.5. The van der Waals surface area contributed by atoms with Crippen molar-refractivity contribution in [2.75, 3.05) is 11.1 Å². The molecule has 1 aromatic carbocycles. The lowest BCUT2D eigenvalue weighted by atomic mass is 10.2. The van der Waals surface area contributed by atoms with Crippen LogP contribution in [0, 0.1) is 0 Å². The Morgan fingerprint density at radius 1 is 1.31 bits per heavy atom. The molecule has 0 spiro atoms. The molecule has 3 N–H and O–H groups in total. The lowest BCUT2D eigenvalue weighted by Gasteiger charge is -2.08. The van der Waals surface area contributed by atoms with E-state index in [2.05, 4.69) is 15.3 Å². The summed E-state index contributed by atoms with van der Waals surface area (Å²) >= 11 is 5.88. The van der Waals surface area contributed by atoms with Gasteiger partial charge in [0.2, 0.25) is 0 Å². The Hall–Kier alpha value is -1.81. The number of nitrogen functional groups attached to an aromatic ring is 1. The predicted octanol–water partition coefficient (Wildman–Crippen LogP) is 2.32. The zero-order valence-corrected chi connectivity index (χ0v) is 9.28. The predicted molar refractivity (Wildman–Crippen MR) is 65.2 cm³/mol. The van der Waals surface area contributed by atoms with Crippen LogP contribution in [0.2, 0.25) is 5.02 Å². The van der Waals surface area contributed by atoms with E-state index in [1.165, 1.54) is 6.33 Å². The molecule has 0 radical (unpaired) electrons. The summed E-state index contributed by atoms with van der Waals surface area (Å²) in [5.74, 6) is 0. The van der Waals surface area contributed by atoms with Crippen molar-refractivity contribution in [2.24, 2.45) is 0 Å². The number of aromatic nitrogens is 2. The summed E-state index contributed by atoms with van der Waals surface area (Å²) < 4.78 is 0. The standard InChI is InChI=1S/C11H11ClN4/c12-8-1-2-10(13)11(5-8)15-6-9-3-4-14-7-16-9/h1-5,7,15H,6,13H2. The van der Waals surface area contributed by atoms with Crippen LogP contribution in [0.25, 0.3) is 0 Å². The molecular formula is C11H11ClN4. The average molecular weight is 235 g/mol. The van der Waals surface area contributed by atoms with Crippen molar-refractivity contribution in [3.63, 3.8) is 0 Å². The van der Waals surface area contributed by atoms with E-state index in [9.17, 15) is 0 Å². The highest BCUT2D eigenvalue weighted by Gasteiger charge is 2.00. The van der Waals surface area contributed by atoms with E-state index < -0.39 is 0 Å². The molecule has 1 heterocycles. The van der Waals surface area contributed by atoms with Crippen molar-refractivity contribution in [1.82, 2.24) is 9.97 Å². The Morgan fingerprint density at radius 2 is 2.19 bits per heavy atom. The number of rotatable bonds is 3. The first-order valence-corrected chi connectivity index (χ1v) is 5.17. The third kappa shape index (κ3) is 2.61. The van der Waals surface area contributed by atoms with Crippen LogP contribution in [0.1, 0.15) is 5.69 Å². The third-order valence-corrected chi connectivity index (χ3v) is 2.35. The molecule has 5 heteroatoms. The van der Waals surface area contributed by atoms with Crippen LogP contribution in [0.4, 0.5) is 11.4 Å². The van der Waals surface area contributed by atoms with Crippen LogP contribution in [-0.4, -0.2) is 9.97 Å². The molecule has 2 rings (SSSR count). The maximum Gasteiger partial charge on any atom is 0.115 e. The molecule has 0 amide bonds. The average Bonchev–Trinajstić information content (AvgIpc) is 2.32. The second-order valence-electron chi connectivity index (χ2n) is 3.29. The van der Waals surface area contributed by atoms with Gasteiger partial charge in [-0.1, -0.05) is 11.6 Å². The number of hydrogen-bond donors (Lipinski definition) is 2. The molecular weight excluding hydrogens is 224 g/mol. The monoisotopic (exact) mass is 234 g/mol. The molecule has 2 aromatic rings. The van der Waals surface area contributed by atoms with Crippen LogP contribution in [0.15, 0.2) is 36.8 Å². The van der Waals surface area contributed by atoms with Crippen LogP contribution >= 0.6 is 11.6 Å². The summed E-state index contributed by atoms with van der Waals surface area (Å²) in [7, 11) is 0. The van der Waals surface area contributed by atoms with Gasteiger partial charge in [0.05, 0.1) is 23.6 Å². The number of benzene rings is 1. The summed E-state index contributed by atoms with van der Waals surface area (Å²) in [5, 5.41) is 3.82. The van der Waals surface area contributed by atoms with Gasteiger partial charge in [-0.25, -0.2) is 9.97 Å². The van der Waals surface area contributed by atoms with Crippen molar-refractivity contribution < 1.29 is 0 Å². The highest BCUT2D eigenvalue weighted by Crippen LogP contribution is 2.23. The first-order valence-electron chi connectivity index (χ1n) is 4.79. The fourth-order valence-corrected chi connectivity index (χ4v) is 1.46. The molecule has 0 aliphatic heterocycles. The SMILES string of the molecule is Nc1ccc(Cl)cc1NCc1ccncn1. The van der Waals surface area contributed by atoms with Crippen molar-refractivity contribution in [3.05, 3.63) is 47.5 Å². The van der Waals surface area contributed by atoms with Gasteiger partial charge in [-0.05, 0) is 24.3 Å². The van der Waals surface area contributed by atoms with Crippen LogP contribution in [0.5, 0.6) is 0 Å². The van der Waals surface area contributed by atoms with E-state index in [0.717, 1.165) is 11.4 Å². The van der Waals surface area contributed by atoms with Crippen molar-refractivity contribution in [3.8, 4) is 0 Å². The molecule has 82 valence electrons. The minimum Gasteiger partial charge on any atom is -0.397 e. The second kappa shape index (κ2) is 4.81. The third-order valence-electron chi connectivity index (χ3n) is 2.12. The molecule has 0 fully saturated rings. The Labute approximate surface area is 98.5 Å². The van der Waals surface area contributed by atoms with Crippen LogP contribution in [-0.2, 0) is 6.54 Å². The van der Waals surface area contributed by atoms with Crippen molar-refractivity contribution in [1.29, 1.82) is 0 Å². The molecule has 0 saturated carbocycles. The summed E-state index contributed by atoms with van der Waals surface area (Å²) in [5.41, 5.74) is 8.17. The highest BCUT2D eigenvalue weighted by molar-refractivity contribution is 6.31. The topological polar surface area (TPSA) is 63.8 Å². The number of nitrogens with zero attached hydrogens (tertiary/aromatic N) is 2. The molecule has 1 aromatic heterocycles. The Balaban J connectivity index is 2.08.